The lowest BCUT2D eigenvalue weighted by Crippen LogP contribution is -1.95. The molecule has 2 heterocycles. The summed E-state index contributed by atoms with van der Waals surface area (Å²) < 4.78 is 7.23. The number of ether oxygens (including phenoxy) is 1. The molecule has 0 atom stereocenters. The number of benzene rings is 1. The number of nitrogens with zero attached hydrogens (tertiary/aromatic N) is 3. The maximum atomic E-state index is 5.36. The summed E-state index contributed by atoms with van der Waals surface area (Å²) in [6.45, 7) is 3.58. The van der Waals surface area contributed by atoms with E-state index >= 15 is 0 Å². The van der Waals surface area contributed by atoms with Gasteiger partial charge in [-0.15, -0.1) is 11.8 Å². The molecule has 0 fully saturated rings. The smallest absolute Gasteiger partial charge is 0.0928 e. The van der Waals surface area contributed by atoms with Crippen LogP contribution in [0, 0.1) is 0 Å². The minimum atomic E-state index is 0.775. The molecule has 108 valence electrons. The number of rotatable bonds is 6. The second-order valence-corrected chi connectivity index (χ2v) is 5.72. The zero-order valence-electron chi connectivity index (χ0n) is 11.9. The highest BCUT2D eigenvalue weighted by atomic mass is 32.2. The molecule has 1 aromatic carbocycles. The van der Waals surface area contributed by atoms with Gasteiger partial charge in [0.15, 0.2) is 0 Å². The van der Waals surface area contributed by atoms with E-state index in [9.17, 15) is 0 Å². The van der Waals surface area contributed by atoms with Crippen LogP contribution in [0.4, 0.5) is 0 Å². The van der Waals surface area contributed by atoms with Gasteiger partial charge in [0.1, 0.15) is 0 Å². The number of pyridine rings is 1. The van der Waals surface area contributed by atoms with Crippen LogP contribution in [0.25, 0.3) is 16.6 Å². The fraction of sp³-hybridized carbons (Fsp3) is 0.250. The summed E-state index contributed by atoms with van der Waals surface area (Å²) in [5.41, 5.74) is 1.97. The molecular weight excluding hydrogens is 282 g/mol. The number of hydrogen-bond donors (Lipinski definition) is 0. The van der Waals surface area contributed by atoms with E-state index in [0.29, 0.717) is 0 Å². The second-order valence-electron chi connectivity index (χ2n) is 4.55. The predicted octanol–water partition coefficient (Wildman–Crippen LogP) is 3.55. The average molecular weight is 299 g/mol. The van der Waals surface area contributed by atoms with Crippen molar-refractivity contribution in [2.75, 3.05) is 19.0 Å². The van der Waals surface area contributed by atoms with Gasteiger partial charge >= 0.3 is 0 Å². The fourth-order valence-corrected chi connectivity index (χ4v) is 2.89. The van der Waals surface area contributed by atoms with E-state index in [-0.39, 0.29) is 0 Å². The Morgan fingerprint density at radius 2 is 2.24 bits per heavy atom. The number of aromatic nitrogens is 3. The zero-order chi connectivity index (χ0) is 14.5. The molecule has 0 amide bonds. The number of fused-ring (bicyclic) bond motifs is 1. The zero-order valence-corrected chi connectivity index (χ0v) is 12.7. The topological polar surface area (TPSA) is 39.9 Å². The molecule has 3 rings (SSSR count). The maximum Gasteiger partial charge on any atom is 0.0928 e. The molecule has 0 spiro atoms. The quantitative estimate of drug-likeness (QED) is 0.515. The Morgan fingerprint density at radius 3 is 3.05 bits per heavy atom. The monoisotopic (exact) mass is 299 g/mol. The van der Waals surface area contributed by atoms with Crippen molar-refractivity contribution >= 4 is 22.7 Å². The largest absolute Gasteiger partial charge is 0.381 e. The van der Waals surface area contributed by atoms with Crippen molar-refractivity contribution in [3.8, 4) is 5.69 Å². The molecule has 0 aliphatic rings. The second kappa shape index (κ2) is 6.74. The van der Waals surface area contributed by atoms with Gasteiger partial charge in [-0.3, -0.25) is 4.98 Å². The Morgan fingerprint density at radius 1 is 1.29 bits per heavy atom. The molecule has 0 radical (unpaired) electrons. The molecule has 21 heavy (non-hydrogen) atoms. The Bertz CT molecular complexity index is 712. The summed E-state index contributed by atoms with van der Waals surface area (Å²) in [6, 6.07) is 10.3. The molecule has 2 aromatic heterocycles. The van der Waals surface area contributed by atoms with Crippen molar-refractivity contribution in [1.29, 1.82) is 0 Å². The molecule has 0 aliphatic heterocycles. The highest BCUT2D eigenvalue weighted by Gasteiger charge is 2.04. The van der Waals surface area contributed by atoms with E-state index in [1.54, 1.807) is 18.0 Å². The van der Waals surface area contributed by atoms with Crippen LogP contribution in [0.3, 0.4) is 0 Å². The van der Waals surface area contributed by atoms with Gasteiger partial charge in [0.2, 0.25) is 0 Å². The number of thioether (sulfide) groups is 1. The van der Waals surface area contributed by atoms with E-state index in [4.69, 9.17) is 4.74 Å². The van der Waals surface area contributed by atoms with Crippen LogP contribution in [0.2, 0.25) is 0 Å². The fourth-order valence-electron chi connectivity index (χ4n) is 2.08. The van der Waals surface area contributed by atoms with Gasteiger partial charge in [-0.2, -0.15) is 5.10 Å². The van der Waals surface area contributed by atoms with Gasteiger partial charge in [-0.05, 0) is 37.3 Å². The van der Waals surface area contributed by atoms with Crippen LogP contribution in [0.1, 0.15) is 6.92 Å². The average Bonchev–Trinajstić information content (AvgIpc) is 2.96. The predicted molar refractivity (Wildman–Crippen MR) is 86.1 cm³/mol. The maximum absolute atomic E-state index is 5.36. The molecule has 0 bridgehead atoms. The van der Waals surface area contributed by atoms with Gasteiger partial charge < -0.3 is 4.74 Å². The third-order valence-corrected chi connectivity index (χ3v) is 4.04. The van der Waals surface area contributed by atoms with E-state index in [2.05, 4.69) is 28.3 Å². The lowest BCUT2D eigenvalue weighted by atomic mass is 10.3. The first-order valence-corrected chi connectivity index (χ1v) is 7.96. The van der Waals surface area contributed by atoms with Crippen LogP contribution in [-0.4, -0.2) is 33.7 Å². The molecule has 5 heteroatoms. The minimum absolute atomic E-state index is 0.775. The van der Waals surface area contributed by atoms with Gasteiger partial charge in [-0.1, -0.05) is 0 Å². The van der Waals surface area contributed by atoms with Gasteiger partial charge in [0, 0.05) is 35.0 Å². The Balaban J connectivity index is 1.79. The molecule has 0 saturated carbocycles. The van der Waals surface area contributed by atoms with Gasteiger partial charge in [0.25, 0.3) is 0 Å². The summed E-state index contributed by atoms with van der Waals surface area (Å²) in [5.74, 6) is 0.968. The molecular formula is C16H17N3OS. The summed E-state index contributed by atoms with van der Waals surface area (Å²) in [7, 11) is 0. The van der Waals surface area contributed by atoms with Crippen molar-refractivity contribution in [1.82, 2.24) is 14.8 Å². The van der Waals surface area contributed by atoms with Crippen LogP contribution in [0.15, 0.2) is 53.8 Å². The first kappa shape index (κ1) is 14.1. The normalized spacial score (nSPS) is 11.1. The molecule has 0 N–H and O–H groups in total. The summed E-state index contributed by atoms with van der Waals surface area (Å²) in [6.07, 6.45) is 5.61. The van der Waals surface area contributed by atoms with E-state index in [1.807, 2.05) is 36.1 Å². The lowest BCUT2D eigenvalue weighted by molar-refractivity contribution is 0.164. The van der Waals surface area contributed by atoms with Crippen molar-refractivity contribution in [3.05, 3.63) is 48.9 Å². The summed E-state index contributed by atoms with van der Waals surface area (Å²) in [5, 5.41) is 5.72. The Hall–Kier alpha value is -1.85. The van der Waals surface area contributed by atoms with Gasteiger partial charge in [-0.25, -0.2) is 4.68 Å². The highest BCUT2D eigenvalue weighted by molar-refractivity contribution is 7.99. The van der Waals surface area contributed by atoms with E-state index < -0.39 is 0 Å². The van der Waals surface area contributed by atoms with Crippen LogP contribution in [0.5, 0.6) is 0 Å². The SMILES string of the molecule is CCOCCSc1ccc2nn(-c3cccnc3)cc2c1. The summed E-state index contributed by atoms with van der Waals surface area (Å²) in [4.78, 5) is 5.37. The van der Waals surface area contributed by atoms with Crippen molar-refractivity contribution < 1.29 is 4.74 Å². The lowest BCUT2D eigenvalue weighted by Gasteiger charge is -2.01. The third kappa shape index (κ3) is 3.43. The first-order valence-electron chi connectivity index (χ1n) is 6.97. The van der Waals surface area contributed by atoms with Crippen molar-refractivity contribution in [2.45, 2.75) is 11.8 Å². The van der Waals surface area contributed by atoms with Crippen LogP contribution >= 0.6 is 11.8 Å². The standard InChI is InChI=1S/C16H17N3OS/c1-2-20-8-9-21-15-5-6-16-13(10-15)12-19(18-16)14-4-3-7-17-11-14/h3-7,10-12H,2,8-9H2,1H3. The van der Waals surface area contributed by atoms with E-state index in [0.717, 1.165) is 35.6 Å². The minimum Gasteiger partial charge on any atom is -0.381 e. The molecule has 4 nitrogen and oxygen atoms in total. The first-order chi connectivity index (χ1) is 10.4. The number of hydrogen-bond acceptors (Lipinski definition) is 4. The highest BCUT2D eigenvalue weighted by Crippen LogP contribution is 2.23. The van der Waals surface area contributed by atoms with Crippen LogP contribution < -0.4 is 0 Å². The van der Waals surface area contributed by atoms with Crippen molar-refractivity contribution in [3.63, 3.8) is 0 Å². The Labute approximate surface area is 128 Å². The van der Waals surface area contributed by atoms with E-state index in [1.165, 1.54) is 4.90 Å². The van der Waals surface area contributed by atoms with Gasteiger partial charge in [0.05, 0.1) is 24.0 Å². The third-order valence-electron chi connectivity index (χ3n) is 3.09. The molecule has 0 unspecified atom stereocenters. The van der Waals surface area contributed by atoms with Crippen LogP contribution in [-0.2, 0) is 4.74 Å². The molecule has 0 saturated heterocycles. The molecule has 3 aromatic rings. The Kier molecular flexibility index (Phi) is 4.52. The molecule has 0 aliphatic carbocycles. The van der Waals surface area contributed by atoms with Crippen molar-refractivity contribution in [2.24, 2.45) is 0 Å². The summed E-state index contributed by atoms with van der Waals surface area (Å²) >= 11 is 1.81.